The van der Waals surface area contributed by atoms with E-state index in [1.165, 1.54) is 24.9 Å². The number of nitrogens with zero attached hydrogens (tertiary/aromatic N) is 6. The molecule has 2 unspecified atom stereocenters. The number of benzene rings is 4. The highest BCUT2D eigenvalue weighted by Gasteiger charge is 2.32. The summed E-state index contributed by atoms with van der Waals surface area (Å²) < 4.78 is 8.58. The second-order valence-corrected chi connectivity index (χ2v) is 19.7. The minimum Gasteiger partial charge on any atom is -0.490 e. The maximum Gasteiger partial charge on any atom is 0.355 e. The van der Waals surface area contributed by atoms with E-state index in [4.69, 9.17) is 14.8 Å². The van der Waals surface area contributed by atoms with Gasteiger partial charge in [-0.1, -0.05) is 55.3 Å². The van der Waals surface area contributed by atoms with Crippen molar-refractivity contribution in [2.75, 3.05) is 54.4 Å². The average Bonchev–Trinajstić information content (AvgIpc) is 3.70. The van der Waals surface area contributed by atoms with Crippen molar-refractivity contribution in [1.82, 2.24) is 25.0 Å². The number of amides is 2. The number of aliphatic hydroxyl groups is 1. The number of piperidine rings is 1. The van der Waals surface area contributed by atoms with Gasteiger partial charge in [0, 0.05) is 86.5 Å². The van der Waals surface area contributed by atoms with Gasteiger partial charge in [0.2, 0.25) is 5.91 Å². The Kier molecular flexibility index (Phi) is 13.9. The zero-order chi connectivity index (χ0) is 48.3. The lowest BCUT2D eigenvalue weighted by Gasteiger charge is -2.36. The Balaban J connectivity index is 0.687. The Hall–Kier alpha value is -6.77. The Morgan fingerprint density at radius 1 is 0.829 bits per heavy atom. The lowest BCUT2D eigenvalue weighted by Crippen LogP contribution is -2.46. The van der Waals surface area contributed by atoms with Gasteiger partial charge in [0.1, 0.15) is 17.8 Å². The Bertz CT molecular complexity index is 2870. The second-order valence-electron chi connectivity index (χ2n) is 19.7. The van der Waals surface area contributed by atoms with Crippen molar-refractivity contribution >= 4 is 45.9 Å². The van der Waals surface area contributed by atoms with E-state index in [-0.39, 0.29) is 29.5 Å². The number of aromatic nitrogens is 3. The number of pyridine rings is 1. The van der Waals surface area contributed by atoms with Crippen molar-refractivity contribution in [3.05, 3.63) is 131 Å². The summed E-state index contributed by atoms with van der Waals surface area (Å²) in [6, 6.07) is 31.4. The van der Waals surface area contributed by atoms with Crippen LogP contribution in [0.3, 0.4) is 0 Å². The molecule has 4 aliphatic rings. The third-order valence-corrected chi connectivity index (χ3v) is 15.3. The number of aryl methyl sites for hydroxylation is 1. The molecule has 5 heterocycles. The molecule has 14 heteroatoms. The number of carboxylic acids is 1. The lowest BCUT2D eigenvalue weighted by atomic mass is 9.84. The van der Waals surface area contributed by atoms with Crippen molar-refractivity contribution in [3.8, 4) is 16.9 Å². The number of hydrogen-bond donors (Lipinski definition) is 4. The van der Waals surface area contributed by atoms with Gasteiger partial charge in [-0.25, -0.2) is 9.78 Å². The number of aliphatic hydroxyl groups excluding tert-OH is 1. The van der Waals surface area contributed by atoms with Gasteiger partial charge in [-0.05, 0) is 141 Å². The highest BCUT2D eigenvalue weighted by Crippen LogP contribution is 2.38. The van der Waals surface area contributed by atoms with Crippen molar-refractivity contribution in [2.24, 2.45) is 13.0 Å². The number of fused-ring (bicyclic) bond motifs is 2. The largest absolute Gasteiger partial charge is 0.490 e. The predicted molar refractivity (Wildman–Crippen MR) is 273 cm³/mol. The number of nitrogens with one attached hydrogen (secondary N) is 2. The molecule has 2 atom stereocenters. The number of carbonyl (C=O) groups excluding carboxylic acids is 2. The number of rotatable bonds is 14. The molecule has 6 aromatic rings. The van der Waals surface area contributed by atoms with Gasteiger partial charge in [-0.15, -0.1) is 0 Å². The van der Waals surface area contributed by atoms with Crippen LogP contribution >= 0.6 is 0 Å². The number of piperazine rings is 1. The Morgan fingerprint density at radius 3 is 2.41 bits per heavy atom. The smallest absolute Gasteiger partial charge is 0.355 e. The first-order valence-electron chi connectivity index (χ1n) is 25.2. The Morgan fingerprint density at radius 2 is 1.63 bits per heavy atom. The molecular weight excluding hydrogens is 881 g/mol. The first kappa shape index (κ1) is 46.9. The molecule has 4 N–H and O–H groups in total. The summed E-state index contributed by atoms with van der Waals surface area (Å²) in [6.45, 7) is 8.26. The zero-order valence-electron chi connectivity index (χ0n) is 40.3. The molecule has 0 radical (unpaired) electrons. The lowest BCUT2D eigenvalue weighted by molar-refractivity contribution is -0.127. The molecule has 2 saturated heterocycles. The van der Waals surface area contributed by atoms with E-state index < -0.39 is 12.2 Å². The van der Waals surface area contributed by atoms with Gasteiger partial charge in [-0.2, -0.15) is 5.10 Å². The highest BCUT2D eigenvalue weighted by molar-refractivity contribution is 6.05. The van der Waals surface area contributed by atoms with Crippen LogP contribution in [0.4, 0.5) is 17.2 Å². The highest BCUT2D eigenvalue weighted by atomic mass is 16.5. The number of hydrogen-bond acceptors (Lipinski definition) is 10. The molecule has 70 heavy (non-hydrogen) atoms. The quantitative estimate of drug-likeness (QED) is 0.0773. The number of ether oxygens (including phenoxy) is 1. The summed E-state index contributed by atoms with van der Waals surface area (Å²) >= 11 is 0. The van der Waals surface area contributed by atoms with Gasteiger partial charge in [0.15, 0.2) is 5.69 Å². The van der Waals surface area contributed by atoms with E-state index in [2.05, 4.69) is 49.6 Å². The van der Waals surface area contributed by atoms with Crippen LogP contribution in [0.1, 0.15) is 107 Å². The zero-order valence-corrected chi connectivity index (χ0v) is 40.3. The van der Waals surface area contributed by atoms with Gasteiger partial charge in [-0.3, -0.25) is 19.2 Å². The van der Waals surface area contributed by atoms with Crippen LogP contribution in [0.15, 0.2) is 97.1 Å². The SMILES string of the molecule is Cc1c(OC2CCC(CCCCN3CCN(c4ccc5c(C6CCC(=O)NC6O)nn(C)c5c4)CC3)CC2)cccc1-c1ccc(N2CCc3cccc(C(=O)Nc4ccccc4)c3C2)nc1C(=O)O. The van der Waals surface area contributed by atoms with Gasteiger partial charge in [0.05, 0.1) is 17.3 Å². The molecule has 364 valence electrons. The minimum atomic E-state index is -1.09. The molecule has 1 saturated carbocycles. The maximum absolute atomic E-state index is 13.4. The molecule has 0 spiro atoms. The summed E-state index contributed by atoms with van der Waals surface area (Å²) in [5.74, 6) is 0.470. The molecule has 0 bridgehead atoms. The molecule has 3 aliphatic heterocycles. The van der Waals surface area contributed by atoms with Crippen LogP contribution < -0.4 is 25.2 Å². The summed E-state index contributed by atoms with van der Waals surface area (Å²) in [7, 11) is 1.95. The van der Waals surface area contributed by atoms with Crippen molar-refractivity contribution in [1.29, 1.82) is 0 Å². The van der Waals surface area contributed by atoms with Crippen molar-refractivity contribution < 1.29 is 29.3 Å². The van der Waals surface area contributed by atoms with E-state index >= 15 is 0 Å². The molecule has 10 rings (SSSR count). The molecule has 1 aliphatic carbocycles. The molecule has 14 nitrogen and oxygen atoms in total. The van der Waals surface area contributed by atoms with Gasteiger partial charge >= 0.3 is 5.97 Å². The van der Waals surface area contributed by atoms with Gasteiger partial charge < -0.3 is 35.4 Å². The number of unbranched alkanes of at least 4 members (excludes halogenated alkanes) is 1. The minimum absolute atomic E-state index is 0.00725. The van der Waals surface area contributed by atoms with Crippen LogP contribution in [0.5, 0.6) is 5.75 Å². The third-order valence-electron chi connectivity index (χ3n) is 15.3. The molecule has 2 amide bonds. The summed E-state index contributed by atoms with van der Waals surface area (Å²) in [5, 5.41) is 32.5. The van der Waals surface area contributed by atoms with Crippen LogP contribution in [-0.2, 0) is 24.8 Å². The second kappa shape index (κ2) is 20.7. The van der Waals surface area contributed by atoms with E-state index in [0.717, 1.165) is 109 Å². The molecule has 3 fully saturated rings. The maximum atomic E-state index is 13.4. The monoisotopic (exact) mass is 944 g/mol. The van der Waals surface area contributed by atoms with Crippen molar-refractivity contribution in [2.45, 2.75) is 95.9 Å². The first-order chi connectivity index (χ1) is 34.1. The number of aromatic carboxylic acids is 1. The summed E-state index contributed by atoms with van der Waals surface area (Å²) in [5.41, 5.74) is 8.69. The van der Waals surface area contributed by atoms with E-state index in [1.807, 2.05) is 91.4 Å². The van der Waals surface area contributed by atoms with E-state index in [1.54, 1.807) is 0 Å². The van der Waals surface area contributed by atoms with Crippen molar-refractivity contribution in [3.63, 3.8) is 0 Å². The standard InChI is InChI=1S/C56H64N8O6/c1-36-42(43-23-25-50(58-53(43)56(68)69)64-29-27-38-11-8-15-44(47(38)35-64)54(66)57-39-12-4-3-5-13-39)14-9-16-49(36)70-41-20-17-37(18-21-41)10-6-7-28-62-30-32-63(33-31-62)40-19-22-45-48(34-40)61(2)60-52(45)46-24-26-51(65)59-55(46)67/h3-5,8-9,11-16,19,22-23,25,34,37,41,46,55,67H,6-7,10,17-18,20-21,24,26-33,35H2,1-2H3,(H,57,66)(H,59,65)(H,68,69). The van der Waals surface area contributed by atoms with E-state index in [0.29, 0.717) is 55.2 Å². The Labute approximate surface area is 409 Å². The fraction of sp³-hybridized carbons (Fsp3) is 0.411. The summed E-state index contributed by atoms with van der Waals surface area (Å²) in [6.07, 6.45) is 8.90. The fourth-order valence-corrected chi connectivity index (χ4v) is 11.3. The third kappa shape index (κ3) is 10.1. The normalized spacial score (nSPS) is 20.8. The molecule has 4 aromatic carbocycles. The predicted octanol–water partition coefficient (Wildman–Crippen LogP) is 8.70. The van der Waals surface area contributed by atoms with Gasteiger partial charge in [0.25, 0.3) is 5.91 Å². The molecule has 2 aromatic heterocycles. The van der Waals surface area contributed by atoms with E-state index in [9.17, 15) is 24.6 Å². The average molecular weight is 945 g/mol. The first-order valence-corrected chi connectivity index (χ1v) is 25.2. The number of anilines is 3. The summed E-state index contributed by atoms with van der Waals surface area (Å²) in [4.78, 5) is 49.9. The van der Waals surface area contributed by atoms with Crippen LogP contribution in [0.2, 0.25) is 0 Å². The number of carboxylic acid groups (broad SMARTS) is 1. The van der Waals surface area contributed by atoms with Crippen LogP contribution in [0.25, 0.3) is 22.0 Å². The number of para-hydroxylation sites is 1. The number of carbonyl (C=O) groups is 3. The van der Waals surface area contributed by atoms with Crippen LogP contribution in [0, 0.1) is 12.8 Å². The fourth-order valence-electron chi connectivity index (χ4n) is 11.3. The molecular formula is C56H64N8O6. The van der Waals surface area contributed by atoms with Crippen LogP contribution in [-0.4, -0.2) is 99.3 Å². The topological polar surface area (TPSA) is 165 Å².